The third kappa shape index (κ3) is 5.34. The van der Waals surface area contributed by atoms with Gasteiger partial charge in [-0.15, -0.1) is 24.0 Å². The number of likely N-dealkylation sites (tertiary alicyclic amines) is 1. The minimum atomic E-state index is 0. The lowest BCUT2D eigenvalue weighted by atomic mass is 10.0. The summed E-state index contributed by atoms with van der Waals surface area (Å²) in [7, 11) is 0. The van der Waals surface area contributed by atoms with E-state index in [-0.39, 0.29) is 24.0 Å². The van der Waals surface area contributed by atoms with E-state index < -0.39 is 0 Å². The van der Waals surface area contributed by atoms with Crippen LogP contribution in [0.5, 0.6) is 0 Å². The van der Waals surface area contributed by atoms with Crippen molar-refractivity contribution in [3.8, 4) is 0 Å². The van der Waals surface area contributed by atoms with Gasteiger partial charge in [0.25, 0.3) is 0 Å². The Hall–Kier alpha value is -0.0400. The van der Waals surface area contributed by atoms with E-state index in [1.807, 2.05) is 6.92 Å². The van der Waals surface area contributed by atoms with E-state index in [4.69, 9.17) is 5.73 Å². The maximum Gasteiger partial charge on any atom is 0.188 e. The Morgan fingerprint density at radius 2 is 2.00 bits per heavy atom. The van der Waals surface area contributed by atoms with Gasteiger partial charge in [0.2, 0.25) is 0 Å². The minimum Gasteiger partial charge on any atom is -0.370 e. The van der Waals surface area contributed by atoms with Gasteiger partial charge in [0.1, 0.15) is 0 Å². The first-order valence-electron chi connectivity index (χ1n) is 5.94. The second kappa shape index (κ2) is 8.11. The van der Waals surface area contributed by atoms with Crippen LogP contribution in [0.3, 0.4) is 0 Å². The monoisotopic (exact) mass is 340 g/mol. The van der Waals surface area contributed by atoms with Crippen LogP contribution in [0, 0.1) is 0 Å². The van der Waals surface area contributed by atoms with Gasteiger partial charge in [-0.25, -0.2) is 0 Å². The Labute approximate surface area is 116 Å². The summed E-state index contributed by atoms with van der Waals surface area (Å²) in [6.45, 7) is 9.57. The minimum absolute atomic E-state index is 0. The zero-order chi connectivity index (χ0) is 11.3. The molecule has 5 heteroatoms. The first-order chi connectivity index (χ1) is 7.13. The molecule has 1 saturated heterocycles. The molecule has 0 aliphatic carbocycles. The number of guanidine groups is 1. The maximum absolute atomic E-state index is 5.73. The summed E-state index contributed by atoms with van der Waals surface area (Å²) < 4.78 is 0. The SMILES string of the molecule is CCN=C(N)NC1CCN(C(C)C)CC1.I. The van der Waals surface area contributed by atoms with Crippen LogP contribution in [-0.2, 0) is 0 Å². The van der Waals surface area contributed by atoms with Crippen molar-refractivity contribution >= 4 is 29.9 Å². The third-order valence-electron chi connectivity index (χ3n) is 2.94. The summed E-state index contributed by atoms with van der Waals surface area (Å²) in [5.41, 5.74) is 5.73. The number of halogens is 1. The van der Waals surface area contributed by atoms with Crippen LogP contribution in [0.4, 0.5) is 0 Å². The first kappa shape index (κ1) is 16.0. The Balaban J connectivity index is 0.00000225. The Morgan fingerprint density at radius 1 is 1.44 bits per heavy atom. The van der Waals surface area contributed by atoms with E-state index in [0.29, 0.717) is 18.0 Å². The highest BCUT2D eigenvalue weighted by molar-refractivity contribution is 14.0. The van der Waals surface area contributed by atoms with E-state index in [2.05, 4.69) is 29.1 Å². The molecular formula is C11H25IN4. The van der Waals surface area contributed by atoms with Gasteiger partial charge < -0.3 is 16.0 Å². The van der Waals surface area contributed by atoms with E-state index >= 15 is 0 Å². The number of nitrogens with one attached hydrogen (secondary N) is 1. The summed E-state index contributed by atoms with van der Waals surface area (Å²) in [6, 6.07) is 1.17. The fourth-order valence-electron chi connectivity index (χ4n) is 1.99. The van der Waals surface area contributed by atoms with Crippen LogP contribution in [0.15, 0.2) is 4.99 Å². The predicted molar refractivity (Wildman–Crippen MR) is 80.4 cm³/mol. The molecule has 1 rings (SSSR count). The van der Waals surface area contributed by atoms with Gasteiger partial charge in [-0.2, -0.15) is 0 Å². The van der Waals surface area contributed by atoms with Crippen molar-refractivity contribution in [2.45, 2.75) is 45.7 Å². The normalized spacial score (nSPS) is 19.6. The number of hydrogen-bond acceptors (Lipinski definition) is 2. The lowest BCUT2D eigenvalue weighted by Gasteiger charge is -2.35. The molecule has 3 N–H and O–H groups in total. The van der Waals surface area contributed by atoms with Gasteiger partial charge in [0.15, 0.2) is 5.96 Å². The zero-order valence-electron chi connectivity index (χ0n) is 10.6. The van der Waals surface area contributed by atoms with Crippen molar-refractivity contribution in [1.82, 2.24) is 10.2 Å². The first-order valence-corrected chi connectivity index (χ1v) is 5.94. The summed E-state index contributed by atoms with van der Waals surface area (Å²) in [5, 5.41) is 3.28. The summed E-state index contributed by atoms with van der Waals surface area (Å²) >= 11 is 0. The van der Waals surface area contributed by atoms with Gasteiger partial charge in [-0.1, -0.05) is 0 Å². The average Bonchev–Trinajstić information content (AvgIpc) is 2.18. The fraction of sp³-hybridized carbons (Fsp3) is 0.909. The van der Waals surface area contributed by atoms with Crippen LogP contribution < -0.4 is 11.1 Å². The second-order valence-electron chi connectivity index (χ2n) is 4.41. The molecule has 1 aliphatic rings. The number of hydrogen-bond donors (Lipinski definition) is 2. The molecule has 1 fully saturated rings. The predicted octanol–water partition coefficient (Wildman–Crippen LogP) is 1.40. The molecule has 0 bridgehead atoms. The number of piperidine rings is 1. The molecule has 0 spiro atoms. The number of rotatable bonds is 3. The molecule has 0 unspecified atom stereocenters. The van der Waals surface area contributed by atoms with Crippen molar-refractivity contribution in [2.75, 3.05) is 19.6 Å². The van der Waals surface area contributed by atoms with Crippen molar-refractivity contribution < 1.29 is 0 Å². The Kier molecular flexibility index (Phi) is 8.09. The van der Waals surface area contributed by atoms with Gasteiger partial charge in [0.05, 0.1) is 0 Å². The van der Waals surface area contributed by atoms with Crippen LogP contribution >= 0.6 is 24.0 Å². The molecule has 1 heterocycles. The molecule has 1 aliphatic heterocycles. The standard InChI is InChI=1S/C11H24N4.HI/c1-4-13-11(12)14-10-5-7-15(8-6-10)9(2)3;/h9-10H,4-8H2,1-3H3,(H3,12,13,14);1H. The van der Waals surface area contributed by atoms with Crippen molar-refractivity contribution in [1.29, 1.82) is 0 Å². The fourth-order valence-corrected chi connectivity index (χ4v) is 1.99. The van der Waals surface area contributed by atoms with Crippen molar-refractivity contribution in [3.05, 3.63) is 0 Å². The van der Waals surface area contributed by atoms with Gasteiger partial charge in [0, 0.05) is 31.7 Å². The summed E-state index contributed by atoms with van der Waals surface area (Å²) in [4.78, 5) is 6.65. The Bertz CT molecular complexity index is 210. The van der Waals surface area contributed by atoms with E-state index in [9.17, 15) is 0 Å². The van der Waals surface area contributed by atoms with E-state index in [1.165, 1.54) is 0 Å². The molecule has 0 atom stereocenters. The highest BCUT2D eigenvalue weighted by atomic mass is 127. The van der Waals surface area contributed by atoms with Crippen LogP contribution in [-0.4, -0.2) is 42.6 Å². The molecule has 0 amide bonds. The lowest BCUT2D eigenvalue weighted by Crippen LogP contribution is -2.48. The molecule has 4 nitrogen and oxygen atoms in total. The number of nitrogens with zero attached hydrogens (tertiary/aromatic N) is 2. The molecule has 0 aromatic heterocycles. The molecular weight excluding hydrogens is 315 g/mol. The van der Waals surface area contributed by atoms with Gasteiger partial charge in [-0.3, -0.25) is 4.99 Å². The molecule has 0 saturated carbocycles. The quantitative estimate of drug-likeness (QED) is 0.464. The highest BCUT2D eigenvalue weighted by Crippen LogP contribution is 2.12. The summed E-state index contributed by atoms with van der Waals surface area (Å²) in [5.74, 6) is 0.598. The topological polar surface area (TPSA) is 53.6 Å². The molecule has 16 heavy (non-hydrogen) atoms. The van der Waals surface area contributed by atoms with Crippen molar-refractivity contribution in [2.24, 2.45) is 10.7 Å². The van der Waals surface area contributed by atoms with Crippen LogP contribution in [0.2, 0.25) is 0 Å². The molecule has 0 aromatic carbocycles. The van der Waals surface area contributed by atoms with Gasteiger partial charge >= 0.3 is 0 Å². The van der Waals surface area contributed by atoms with Crippen LogP contribution in [0.25, 0.3) is 0 Å². The lowest BCUT2D eigenvalue weighted by molar-refractivity contribution is 0.167. The molecule has 0 aromatic rings. The smallest absolute Gasteiger partial charge is 0.188 e. The Morgan fingerprint density at radius 3 is 2.44 bits per heavy atom. The highest BCUT2D eigenvalue weighted by Gasteiger charge is 2.20. The molecule has 96 valence electrons. The average molecular weight is 340 g/mol. The van der Waals surface area contributed by atoms with Gasteiger partial charge in [-0.05, 0) is 33.6 Å². The van der Waals surface area contributed by atoms with Crippen molar-refractivity contribution in [3.63, 3.8) is 0 Å². The van der Waals surface area contributed by atoms with E-state index in [1.54, 1.807) is 0 Å². The van der Waals surface area contributed by atoms with E-state index in [0.717, 1.165) is 32.5 Å². The second-order valence-corrected chi connectivity index (χ2v) is 4.41. The maximum atomic E-state index is 5.73. The number of aliphatic imine (C=N–C) groups is 1. The van der Waals surface area contributed by atoms with Crippen LogP contribution in [0.1, 0.15) is 33.6 Å². The third-order valence-corrected chi connectivity index (χ3v) is 2.94. The summed E-state index contributed by atoms with van der Waals surface area (Å²) in [6.07, 6.45) is 2.33. The number of nitrogens with two attached hydrogens (primary N) is 1. The zero-order valence-corrected chi connectivity index (χ0v) is 12.9. The largest absolute Gasteiger partial charge is 0.370 e. The molecule has 0 radical (unpaired) electrons.